The highest BCUT2D eigenvalue weighted by atomic mass is 16.2. The Hall–Kier alpha value is -3.15. The summed E-state index contributed by atoms with van der Waals surface area (Å²) in [5.41, 5.74) is 3.46. The van der Waals surface area contributed by atoms with E-state index in [2.05, 4.69) is 20.6 Å². The third-order valence-electron chi connectivity index (χ3n) is 4.40. The number of aromatic nitrogens is 2. The van der Waals surface area contributed by atoms with Gasteiger partial charge in [0.2, 0.25) is 5.91 Å². The monoisotopic (exact) mass is 334 g/mol. The average Bonchev–Trinajstić information content (AvgIpc) is 3.16. The molecular weight excluding hydrogens is 316 g/mol. The molecule has 126 valence electrons. The smallest absolute Gasteiger partial charge is 0.252 e. The number of hydrogen-bond acceptors (Lipinski definition) is 3. The maximum atomic E-state index is 12.2. The Morgan fingerprint density at radius 2 is 1.92 bits per heavy atom. The summed E-state index contributed by atoms with van der Waals surface area (Å²) >= 11 is 0. The molecule has 2 amide bonds. The van der Waals surface area contributed by atoms with E-state index in [1.54, 1.807) is 6.07 Å². The molecule has 0 fully saturated rings. The van der Waals surface area contributed by atoms with Crippen LogP contribution in [0.5, 0.6) is 0 Å². The lowest BCUT2D eigenvalue weighted by Gasteiger charge is -2.11. The minimum Gasteiger partial charge on any atom is -0.356 e. The van der Waals surface area contributed by atoms with E-state index in [-0.39, 0.29) is 24.3 Å². The highest BCUT2D eigenvalue weighted by Crippen LogP contribution is 2.27. The number of benzene rings is 2. The molecular formula is C19H18N4O2. The van der Waals surface area contributed by atoms with Gasteiger partial charge in [0.05, 0.1) is 23.5 Å². The molecule has 1 atom stereocenters. The minimum absolute atomic E-state index is 0.0851. The Kier molecular flexibility index (Phi) is 3.93. The number of nitrogens with zero attached hydrogens (tertiary/aromatic N) is 1. The van der Waals surface area contributed by atoms with Gasteiger partial charge >= 0.3 is 0 Å². The average molecular weight is 334 g/mol. The highest BCUT2D eigenvalue weighted by molar-refractivity contribution is 5.99. The fraction of sp³-hybridized carbons (Fsp3) is 0.211. The van der Waals surface area contributed by atoms with Crippen LogP contribution in [-0.2, 0) is 11.2 Å². The van der Waals surface area contributed by atoms with Crippen LogP contribution in [0.2, 0.25) is 0 Å². The van der Waals surface area contributed by atoms with Crippen molar-refractivity contribution < 1.29 is 9.59 Å². The number of nitrogens with one attached hydrogen (secondary N) is 3. The van der Waals surface area contributed by atoms with Crippen molar-refractivity contribution in [3.05, 3.63) is 65.5 Å². The normalized spacial score (nSPS) is 15.8. The van der Waals surface area contributed by atoms with Crippen LogP contribution in [0.4, 0.5) is 0 Å². The van der Waals surface area contributed by atoms with E-state index in [1.165, 1.54) is 0 Å². The Morgan fingerprint density at radius 3 is 2.80 bits per heavy atom. The van der Waals surface area contributed by atoms with Gasteiger partial charge in [-0.05, 0) is 23.8 Å². The SMILES string of the molecule is O=C(C[C@H]1NC(=O)c2ccccc21)NCCc1nc2ccccc2[nH]1. The van der Waals surface area contributed by atoms with Crippen molar-refractivity contribution in [2.24, 2.45) is 0 Å². The molecule has 6 heteroatoms. The summed E-state index contributed by atoms with van der Waals surface area (Å²) in [4.78, 5) is 31.8. The first-order valence-electron chi connectivity index (χ1n) is 8.31. The van der Waals surface area contributed by atoms with E-state index in [9.17, 15) is 9.59 Å². The van der Waals surface area contributed by atoms with E-state index in [4.69, 9.17) is 0 Å². The molecule has 0 saturated heterocycles. The summed E-state index contributed by atoms with van der Waals surface area (Å²) < 4.78 is 0. The molecule has 25 heavy (non-hydrogen) atoms. The number of fused-ring (bicyclic) bond motifs is 2. The summed E-state index contributed by atoms with van der Waals surface area (Å²) in [6, 6.07) is 15.0. The van der Waals surface area contributed by atoms with Crippen molar-refractivity contribution in [2.75, 3.05) is 6.54 Å². The van der Waals surface area contributed by atoms with Gasteiger partial charge in [0.15, 0.2) is 0 Å². The zero-order valence-electron chi connectivity index (χ0n) is 13.6. The molecule has 3 N–H and O–H groups in total. The van der Waals surface area contributed by atoms with Crippen LogP contribution in [0.15, 0.2) is 48.5 Å². The maximum Gasteiger partial charge on any atom is 0.252 e. The van der Waals surface area contributed by atoms with Crippen LogP contribution >= 0.6 is 0 Å². The molecule has 0 aliphatic carbocycles. The second-order valence-electron chi connectivity index (χ2n) is 6.12. The molecule has 2 heterocycles. The molecule has 0 bridgehead atoms. The molecule has 3 aromatic rings. The summed E-state index contributed by atoms with van der Waals surface area (Å²) in [5.74, 6) is 0.648. The molecule has 0 radical (unpaired) electrons. The van der Waals surface area contributed by atoms with Crippen molar-refractivity contribution in [1.29, 1.82) is 0 Å². The Labute approximate surface area is 144 Å². The van der Waals surface area contributed by atoms with E-state index in [0.717, 1.165) is 22.4 Å². The summed E-state index contributed by atoms with van der Waals surface area (Å²) in [7, 11) is 0. The third-order valence-corrected chi connectivity index (χ3v) is 4.40. The minimum atomic E-state index is -0.255. The number of carbonyl (C=O) groups is 2. The van der Waals surface area contributed by atoms with Crippen LogP contribution in [0.3, 0.4) is 0 Å². The lowest BCUT2D eigenvalue weighted by molar-refractivity contribution is -0.121. The second kappa shape index (κ2) is 6.39. The lowest BCUT2D eigenvalue weighted by atomic mass is 10.0. The molecule has 6 nitrogen and oxygen atoms in total. The number of H-pyrrole nitrogens is 1. The number of para-hydroxylation sites is 2. The van der Waals surface area contributed by atoms with Crippen LogP contribution in [0.25, 0.3) is 11.0 Å². The largest absolute Gasteiger partial charge is 0.356 e. The molecule has 1 aliphatic heterocycles. The maximum absolute atomic E-state index is 12.2. The van der Waals surface area contributed by atoms with E-state index < -0.39 is 0 Å². The zero-order valence-corrected chi connectivity index (χ0v) is 13.6. The van der Waals surface area contributed by atoms with Crippen molar-refractivity contribution in [3.8, 4) is 0 Å². The molecule has 1 aromatic heterocycles. The Bertz CT molecular complexity index is 914. The number of imidazole rings is 1. The quantitative estimate of drug-likeness (QED) is 0.668. The molecule has 0 saturated carbocycles. The summed E-state index contributed by atoms with van der Waals surface area (Å²) in [6.45, 7) is 0.501. The predicted molar refractivity (Wildman–Crippen MR) is 94.1 cm³/mol. The molecule has 0 spiro atoms. The van der Waals surface area contributed by atoms with Crippen molar-refractivity contribution in [2.45, 2.75) is 18.9 Å². The molecule has 2 aromatic carbocycles. The zero-order chi connectivity index (χ0) is 17.2. The van der Waals surface area contributed by atoms with Gasteiger partial charge in [-0.25, -0.2) is 4.98 Å². The van der Waals surface area contributed by atoms with Gasteiger partial charge in [-0.1, -0.05) is 30.3 Å². The lowest BCUT2D eigenvalue weighted by Crippen LogP contribution is -2.30. The van der Waals surface area contributed by atoms with E-state index >= 15 is 0 Å². The number of aromatic amines is 1. The van der Waals surface area contributed by atoms with Gasteiger partial charge in [0.25, 0.3) is 5.91 Å². The number of rotatable bonds is 5. The number of hydrogen-bond donors (Lipinski definition) is 3. The van der Waals surface area contributed by atoms with Crippen molar-refractivity contribution in [1.82, 2.24) is 20.6 Å². The first kappa shape index (κ1) is 15.4. The number of amides is 2. The van der Waals surface area contributed by atoms with E-state index in [1.807, 2.05) is 42.5 Å². The molecule has 1 aliphatic rings. The van der Waals surface area contributed by atoms with Gasteiger partial charge in [-0.15, -0.1) is 0 Å². The van der Waals surface area contributed by atoms with Gasteiger partial charge in [0.1, 0.15) is 5.82 Å². The van der Waals surface area contributed by atoms with Crippen molar-refractivity contribution >= 4 is 22.8 Å². The fourth-order valence-corrected chi connectivity index (χ4v) is 3.18. The summed E-state index contributed by atoms with van der Waals surface area (Å²) in [6.07, 6.45) is 0.872. The topological polar surface area (TPSA) is 86.9 Å². The van der Waals surface area contributed by atoms with E-state index in [0.29, 0.717) is 18.5 Å². The van der Waals surface area contributed by atoms with Gasteiger partial charge in [-0.3, -0.25) is 9.59 Å². The third kappa shape index (κ3) is 3.10. The Balaban J connectivity index is 1.32. The Morgan fingerprint density at radius 1 is 1.12 bits per heavy atom. The van der Waals surface area contributed by atoms with Gasteiger partial charge < -0.3 is 15.6 Å². The highest BCUT2D eigenvalue weighted by Gasteiger charge is 2.29. The van der Waals surface area contributed by atoms with Crippen LogP contribution in [-0.4, -0.2) is 28.3 Å². The van der Waals surface area contributed by atoms with Crippen LogP contribution < -0.4 is 10.6 Å². The first-order chi connectivity index (χ1) is 12.2. The predicted octanol–water partition coefficient (Wildman–Crippen LogP) is 2.10. The van der Waals surface area contributed by atoms with Crippen LogP contribution in [0, 0.1) is 0 Å². The van der Waals surface area contributed by atoms with Crippen LogP contribution in [0.1, 0.15) is 34.2 Å². The molecule has 0 unspecified atom stereocenters. The molecule has 4 rings (SSSR count). The summed E-state index contributed by atoms with van der Waals surface area (Å²) in [5, 5.41) is 5.76. The standard InChI is InChI=1S/C19H18N4O2/c24-18(11-16-12-5-1-2-6-13(12)19(25)23-16)20-10-9-17-21-14-7-3-4-8-15(14)22-17/h1-8,16H,9-11H2,(H,20,24)(H,21,22)(H,23,25)/t16-/m1/s1. The van der Waals surface area contributed by atoms with Gasteiger partial charge in [0, 0.05) is 18.5 Å². The first-order valence-corrected chi connectivity index (χ1v) is 8.31. The van der Waals surface area contributed by atoms with Crippen molar-refractivity contribution in [3.63, 3.8) is 0 Å². The second-order valence-corrected chi connectivity index (χ2v) is 6.12. The fourth-order valence-electron chi connectivity index (χ4n) is 3.18. The number of carbonyl (C=O) groups excluding carboxylic acids is 2. The van der Waals surface area contributed by atoms with Gasteiger partial charge in [-0.2, -0.15) is 0 Å².